The quantitative estimate of drug-likeness (QED) is 0.632. The summed E-state index contributed by atoms with van der Waals surface area (Å²) < 4.78 is 0. The first-order chi connectivity index (χ1) is 11.1. The molecule has 0 heterocycles. The third kappa shape index (κ3) is 6.18. The summed E-state index contributed by atoms with van der Waals surface area (Å²) in [6.07, 6.45) is 3.64. The molecule has 0 unspecified atom stereocenters. The van der Waals surface area contributed by atoms with Crippen molar-refractivity contribution in [2.75, 3.05) is 11.9 Å². The number of hydrogen-bond donors (Lipinski definition) is 2. The van der Waals surface area contributed by atoms with Gasteiger partial charge in [0.1, 0.15) is 0 Å². The molecule has 2 aromatic rings. The molecule has 4 nitrogen and oxygen atoms in total. The van der Waals surface area contributed by atoms with E-state index in [1.165, 1.54) is 0 Å². The van der Waals surface area contributed by atoms with E-state index in [0.717, 1.165) is 22.4 Å². The van der Waals surface area contributed by atoms with E-state index in [4.69, 9.17) is 0 Å². The largest absolute Gasteiger partial charge is 0.376 e. The van der Waals surface area contributed by atoms with Gasteiger partial charge in [-0.2, -0.15) is 5.10 Å². The summed E-state index contributed by atoms with van der Waals surface area (Å²) in [5, 5.41) is 7.03. The van der Waals surface area contributed by atoms with Crippen molar-refractivity contribution in [2.45, 2.75) is 13.8 Å². The first kappa shape index (κ1) is 16.5. The lowest BCUT2D eigenvalue weighted by Gasteiger charge is -2.05. The number of carbonyl (C=O) groups excluding carboxylic acids is 1. The molecule has 118 valence electrons. The Morgan fingerprint density at radius 1 is 1.13 bits per heavy atom. The van der Waals surface area contributed by atoms with Crippen LogP contribution in [0.1, 0.15) is 18.1 Å². The SMILES string of the molecule is CC(/C=N\NC(=O)CNc1cccc(C)c1)=C\c1ccccc1. The van der Waals surface area contributed by atoms with Gasteiger partial charge >= 0.3 is 0 Å². The Balaban J connectivity index is 1.78. The minimum atomic E-state index is -0.185. The highest BCUT2D eigenvalue weighted by Gasteiger charge is 1.99. The Morgan fingerprint density at radius 3 is 2.65 bits per heavy atom. The Hall–Kier alpha value is -2.88. The van der Waals surface area contributed by atoms with Crippen molar-refractivity contribution in [3.8, 4) is 0 Å². The number of benzene rings is 2. The second-order valence-corrected chi connectivity index (χ2v) is 5.32. The minimum absolute atomic E-state index is 0.183. The van der Waals surface area contributed by atoms with Crippen molar-refractivity contribution in [3.63, 3.8) is 0 Å². The normalized spacial score (nSPS) is 11.5. The number of amides is 1. The van der Waals surface area contributed by atoms with Crippen LogP contribution in [-0.4, -0.2) is 18.7 Å². The van der Waals surface area contributed by atoms with Crippen LogP contribution in [0.5, 0.6) is 0 Å². The second-order valence-electron chi connectivity index (χ2n) is 5.32. The maximum atomic E-state index is 11.7. The van der Waals surface area contributed by atoms with Crippen LogP contribution in [0, 0.1) is 6.92 Å². The molecule has 4 heteroatoms. The first-order valence-electron chi connectivity index (χ1n) is 7.49. The summed E-state index contributed by atoms with van der Waals surface area (Å²) in [5.74, 6) is -0.185. The lowest BCUT2D eigenvalue weighted by atomic mass is 10.1. The first-order valence-corrected chi connectivity index (χ1v) is 7.49. The minimum Gasteiger partial charge on any atom is -0.376 e. The number of hydrogen-bond acceptors (Lipinski definition) is 3. The summed E-state index contributed by atoms with van der Waals surface area (Å²) in [6.45, 7) is 4.13. The highest BCUT2D eigenvalue weighted by Crippen LogP contribution is 2.08. The van der Waals surface area contributed by atoms with Crippen LogP contribution in [0.3, 0.4) is 0 Å². The number of aryl methyl sites for hydroxylation is 1. The fourth-order valence-corrected chi connectivity index (χ4v) is 2.03. The number of hydrazone groups is 1. The van der Waals surface area contributed by atoms with Gasteiger partial charge in [0, 0.05) is 5.69 Å². The van der Waals surface area contributed by atoms with E-state index in [-0.39, 0.29) is 12.5 Å². The summed E-state index contributed by atoms with van der Waals surface area (Å²) in [7, 11) is 0. The highest BCUT2D eigenvalue weighted by atomic mass is 16.2. The van der Waals surface area contributed by atoms with Crippen molar-refractivity contribution in [1.29, 1.82) is 0 Å². The van der Waals surface area contributed by atoms with Crippen molar-refractivity contribution >= 4 is 23.9 Å². The number of carbonyl (C=O) groups is 1. The standard InChI is InChI=1S/C19H21N3O/c1-15-7-6-10-18(12-15)20-14-19(23)22-21-13-16(2)11-17-8-4-3-5-9-17/h3-13,20H,14H2,1-2H3,(H,22,23)/b16-11+,21-13-. The van der Waals surface area contributed by atoms with Gasteiger partial charge in [-0.3, -0.25) is 4.79 Å². The average molecular weight is 307 g/mol. The number of rotatable bonds is 6. The van der Waals surface area contributed by atoms with E-state index < -0.39 is 0 Å². The molecule has 0 radical (unpaired) electrons. The predicted molar refractivity (Wildman–Crippen MR) is 96.4 cm³/mol. The number of anilines is 1. The molecular weight excluding hydrogens is 286 g/mol. The average Bonchev–Trinajstić information content (AvgIpc) is 2.54. The van der Waals surface area contributed by atoms with Gasteiger partial charge in [0.05, 0.1) is 12.8 Å². The van der Waals surface area contributed by atoms with E-state index in [0.29, 0.717) is 0 Å². The van der Waals surface area contributed by atoms with Crippen LogP contribution in [0.2, 0.25) is 0 Å². The van der Waals surface area contributed by atoms with Crippen molar-refractivity contribution in [3.05, 3.63) is 71.3 Å². The van der Waals surface area contributed by atoms with E-state index in [9.17, 15) is 4.79 Å². The Labute approximate surface area is 136 Å². The zero-order valence-corrected chi connectivity index (χ0v) is 13.4. The summed E-state index contributed by atoms with van der Waals surface area (Å²) in [4.78, 5) is 11.7. The fraction of sp³-hybridized carbons (Fsp3) is 0.158. The summed E-state index contributed by atoms with van der Waals surface area (Å²) in [6, 6.07) is 17.8. The molecule has 2 rings (SSSR count). The van der Waals surface area contributed by atoms with Crippen LogP contribution in [0.15, 0.2) is 65.3 Å². The van der Waals surface area contributed by atoms with Crippen molar-refractivity contribution in [1.82, 2.24) is 5.43 Å². The van der Waals surface area contributed by atoms with Gasteiger partial charge < -0.3 is 5.32 Å². The van der Waals surface area contributed by atoms with Crippen LogP contribution < -0.4 is 10.7 Å². The van der Waals surface area contributed by atoms with Crippen LogP contribution >= 0.6 is 0 Å². The van der Waals surface area contributed by atoms with Crippen LogP contribution in [0.4, 0.5) is 5.69 Å². The second kappa shape index (κ2) is 8.54. The zero-order valence-electron chi connectivity index (χ0n) is 13.4. The van der Waals surface area contributed by atoms with Crippen molar-refractivity contribution < 1.29 is 4.79 Å². The number of allylic oxidation sites excluding steroid dienone is 1. The van der Waals surface area contributed by atoms with Gasteiger partial charge in [-0.1, -0.05) is 48.5 Å². The van der Waals surface area contributed by atoms with E-state index in [1.54, 1.807) is 6.21 Å². The third-order valence-corrected chi connectivity index (χ3v) is 3.12. The van der Waals surface area contributed by atoms with Gasteiger partial charge in [0.2, 0.25) is 0 Å². The van der Waals surface area contributed by atoms with E-state index in [1.807, 2.05) is 74.5 Å². The Bertz CT molecular complexity index is 706. The fourth-order valence-electron chi connectivity index (χ4n) is 2.03. The molecule has 23 heavy (non-hydrogen) atoms. The van der Waals surface area contributed by atoms with Crippen molar-refractivity contribution in [2.24, 2.45) is 5.10 Å². The lowest BCUT2D eigenvalue weighted by molar-refractivity contribution is -0.119. The van der Waals surface area contributed by atoms with Gasteiger partial charge in [-0.05, 0) is 42.7 Å². The molecule has 0 aliphatic rings. The molecule has 0 saturated carbocycles. The van der Waals surface area contributed by atoms with Gasteiger partial charge in [-0.15, -0.1) is 0 Å². The maximum absolute atomic E-state index is 11.7. The van der Waals surface area contributed by atoms with Gasteiger partial charge in [0.25, 0.3) is 5.91 Å². The molecule has 1 amide bonds. The maximum Gasteiger partial charge on any atom is 0.259 e. The van der Waals surface area contributed by atoms with Crippen LogP contribution in [0.25, 0.3) is 6.08 Å². The number of nitrogens with zero attached hydrogens (tertiary/aromatic N) is 1. The molecule has 0 aromatic heterocycles. The monoisotopic (exact) mass is 307 g/mol. The molecule has 2 N–H and O–H groups in total. The predicted octanol–water partition coefficient (Wildman–Crippen LogP) is 3.61. The lowest BCUT2D eigenvalue weighted by Crippen LogP contribution is -2.25. The zero-order chi connectivity index (χ0) is 16.5. The van der Waals surface area contributed by atoms with Gasteiger partial charge in [0.15, 0.2) is 0 Å². The highest BCUT2D eigenvalue weighted by molar-refractivity contribution is 5.87. The molecule has 0 atom stereocenters. The molecule has 0 spiro atoms. The molecular formula is C19H21N3O. The third-order valence-electron chi connectivity index (χ3n) is 3.12. The number of nitrogens with one attached hydrogen (secondary N) is 2. The molecule has 0 fully saturated rings. The van der Waals surface area contributed by atoms with Gasteiger partial charge in [-0.25, -0.2) is 5.43 Å². The smallest absolute Gasteiger partial charge is 0.259 e. The summed E-state index contributed by atoms with van der Waals surface area (Å²) in [5.41, 5.74) is 6.64. The molecule has 0 bridgehead atoms. The van der Waals surface area contributed by atoms with E-state index in [2.05, 4.69) is 15.8 Å². The molecule has 0 saturated heterocycles. The molecule has 0 aliphatic carbocycles. The topological polar surface area (TPSA) is 53.5 Å². The van der Waals surface area contributed by atoms with E-state index >= 15 is 0 Å². The molecule has 0 aliphatic heterocycles. The Kier molecular flexibility index (Phi) is 6.12. The molecule has 2 aromatic carbocycles. The van der Waals surface area contributed by atoms with Crippen LogP contribution in [-0.2, 0) is 4.79 Å². The summed E-state index contributed by atoms with van der Waals surface area (Å²) >= 11 is 0. The Morgan fingerprint density at radius 2 is 1.91 bits per heavy atom.